The molecule has 3 aliphatic carbocycles. The van der Waals surface area contributed by atoms with Crippen LogP contribution in [0.2, 0.25) is 0 Å². The standard InChI is InChI=1S/C21H25.C13H21.C6H10.Zr/c1-20(2,3)16-9-7-14-11-15-8-10-17(21(4,5)6)13-19(15)18(14)12-16;1-6-10-8-11(7-2)12(9-10)13(3,4)5;1-2-4-6-5-3-1;/h7,9-10,12-13H,11H2,1-6H3;9-10H,6-7H2,1-5H3;1-5H2;/q2*-1;;+2. The maximum atomic E-state index is 3.57. The third kappa shape index (κ3) is 9.33. The average Bonchev–Trinajstić information content (AvgIpc) is 3.49. The van der Waals surface area contributed by atoms with E-state index in [1.165, 1.54) is 83.1 Å². The summed E-state index contributed by atoms with van der Waals surface area (Å²) >= 11 is 1.69. The van der Waals surface area contributed by atoms with Gasteiger partial charge in [-0.05, 0) is 17.4 Å². The summed E-state index contributed by atoms with van der Waals surface area (Å²) in [5, 5.41) is 0. The van der Waals surface area contributed by atoms with Gasteiger partial charge in [-0.15, -0.1) is 5.56 Å². The van der Waals surface area contributed by atoms with Crippen molar-refractivity contribution in [2.75, 3.05) is 0 Å². The maximum absolute atomic E-state index is 3.57. The molecule has 0 amide bonds. The Hall–Kier alpha value is -1.33. The van der Waals surface area contributed by atoms with Crippen molar-refractivity contribution in [1.82, 2.24) is 0 Å². The van der Waals surface area contributed by atoms with Crippen molar-refractivity contribution in [3.8, 4) is 11.1 Å². The van der Waals surface area contributed by atoms with Gasteiger partial charge in [0.25, 0.3) is 0 Å². The molecule has 3 aliphatic rings. The van der Waals surface area contributed by atoms with E-state index in [2.05, 4.69) is 125 Å². The Morgan fingerprint density at radius 3 is 1.85 bits per heavy atom. The van der Waals surface area contributed by atoms with Crippen LogP contribution in [0, 0.1) is 23.5 Å². The molecule has 2 aromatic carbocycles. The number of hydrogen-bond acceptors (Lipinski definition) is 0. The fraction of sp³-hybridized carbons (Fsp3) is 0.575. The van der Waals surface area contributed by atoms with Crippen LogP contribution in [0.3, 0.4) is 0 Å². The van der Waals surface area contributed by atoms with E-state index >= 15 is 0 Å². The van der Waals surface area contributed by atoms with Gasteiger partial charge < -0.3 is 0 Å². The Kier molecular flexibility index (Phi) is 11.6. The van der Waals surface area contributed by atoms with E-state index < -0.39 is 0 Å². The average molecular weight is 628 g/mol. The molecule has 41 heavy (non-hydrogen) atoms. The van der Waals surface area contributed by atoms with Gasteiger partial charge in [0, 0.05) is 0 Å². The number of benzene rings is 2. The second kappa shape index (κ2) is 14.0. The summed E-state index contributed by atoms with van der Waals surface area (Å²) < 4.78 is 1.80. The fourth-order valence-electron chi connectivity index (χ4n) is 5.82. The van der Waals surface area contributed by atoms with E-state index in [4.69, 9.17) is 0 Å². The Morgan fingerprint density at radius 1 is 0.780 bits per heavy atom. The first kappa shape index (κ1) is 34.2. The zero-order chi connectivity index (χ0) is 30.6. The van der Waals surface area contributed by atoms with Crippen LogP contribution in [-0.4, -0.2) is 3.21 Å². The second-order valence-electron chi connectivity index (χ2n) is 15.3. The molecule has 1 unspecified atom stereocenters. The Labute approximate surface area is 268 Å². The molecule has 0 aromatic heterocycles. The van der Waals surface area contributed by atoms with Crippen LogP contribution in [0.4, 0.5) is 0 Å². The molecule has 1 heteroatoms. The van der Waals surface area contributed by atoms with Crippen molar-refractivity contribution in [2.45, 2.75) is 138 Å². The Balaban J connectivity index is 0.000000196. The molecule has 1 fully saturated rings. The van der Waals surface area contributed by atoms with Crippen LogP contribution < -0.4 is 0 Å². The quantitative estimate of drug-likeness (QED) is 0.248. The van der Waals surface area contributed by atoms with Gasteiger partial charge in [0.05, 0.1) is 0 Å². The normalized spacial score (nSPS) is 18.4. The molecule has 0 aliphatic heterocycles. The Morgan fingerprint density at radius 2 is 1.39 bits per heavy atom. The third-order valence-electron chi connectivity index (χ3n) is 8.64. The topological polar surface area (TPSA) is 0 Å². The number of allylic oxidation sites excluding steroid dienone is 4. The van der Waals surface area contributed by atoms with E-state index in [9.17, 15) is 0 Å². The summed E-state index contributed by atoms with van der Waals surface area (Å²) in [7, 11) is 0. The summed E-state index contributed by atoms with van der Waals surface area (Å²) in [5.74, 6) is 0.573. The molecule has 0 nitrogen and oxygen atoms in total. The SMILES string of the molecule is CC(C)(C)c1c[c-]c2c(c1)-c1cc(C(C)(C)C)ccc1C2.CCC1=[C-]C(CC)C=C1C(C)(C)C.[Zr+2]=[C]1CCCCC1. The molecule has 0 bridgehead atoms. The predicted octanol–water partition coefficient (Wildman–Crippen LogP) is 11.5. The number of hydrogen-bond donors (Lipinski definition) is 0. The molecule has 1 saturated carbocycles. The zero-order valence-corrected chi connectivity index (χ0v) is 30.7. The molecule has 0 heterocycles. The van der Waals surface area contributed by atoms with Crippen LogP contribution in [0.1, 0.15) is 143 Å². The monoisotopic (exact) mass is 626 g/mol. The Bertz CT molecular complexity index is 1190. The van der Waals surface area contributed by atoms with E-state index in [1.54, 1.807) is 27.4 Å². The van der Waals surface area contributed by atoms with Gasteiger partial charge in [-0.2, -0.15) is 41.0 Å². The molecule has 0 saturated heterocycles. The van der Waals surface area contributed by atoms with Crippen molar-refractivity contribution >= 4 is 3.21 Å². The van der Waals surface area contributed by atoms with E-state index in [0.717, 1.165) is 12.8 Å². The van der Waals surface area contributed by atoms with Crippen molar-refractivity contribution in [2.24, 2.45) is 11.3 Å². The predicted molar refractivity (Wildman–Crippen MR) is 177 cm³/mol. The molecular weight excluding hydrogens is 572 g/mol. The minimum atomic E-state index is 0.177. The van der Waals surface area contributed by atoms with Crippen molar-refractivity contribution in [3.05, 3.63) is 82.0 Å². The zero-order valence-electron chi connectivity index (χ0n) is 28.2. The summed E-state index contributed by atoms with van der Waals surface area (Å²) in [4.78, 5) is 0. The molecule has 2 aromatic rings. The fourth-order valence-corrected chi connectivity index (χ4v) is 6.69. The van der Waals surface area contributed by atoms with E-state index in [0.29, 0.717) is 11.3 Å². The van der Waals surface area contributed by atoms with E-state index in [1.807, 2.05) is 0 Å². The second-order valence-corrected chi connectivity index (χ2v) is 17.1. The van der Waals surface area contributed by atoms with Crippen molar-refractivity contribution in [3.63, 3.8) is 0 Å². The van der Waals surface area contributed by atoms with Crippen molar-refractivity contribution in [1.29, 1.82) is 0 Å². The van der Waals surface area contributed by atoms with Gasteiger partial charge in [0.2, 0.25) is 0 Å². The van der Waals surface area contributed by atoms with Gasteiger partial charge in [-0.3, -0.25) is 6.08 Å². The number of rotatable bonds is 2. The van der Waals surface area contributed by atoms with Crippen LogP contribution >= 0.6 is 0 Å². The third-order valence-corrected chi connectivity index (χ3v) is 9.87. The molecule has 0 N–H and O–H groups in total. The van der Waals surface area contributed by atoms with Gasteiger partial charge in [-0.1, -0.05) is 135 Å². The van der Waals surface area contributed by atoms with Gasteiger partial charge in [0.1, 0.15) is 0 Å². The van der Waals surface area contributed by atoms with E-state index in [-0.39, 0.29) is 10.8 Å². The van der Waals surface area contributed by atoms with Crippen molar-refractivity contribution < 1.29 is 24.2 Å². The minimum absolute atomic E-state index is 0.177. The van der Waals surface area contributed by atoms with Crippen LogP contribution in [-0.2, 0) is 41.5 Å². The molecule has 5 rings (SSSR count). The van der Waals surface area contributed by atoms with Crippen LogP contribution in [0.25, 0.3) is 11.1 Å². The summed E-state index contributed by atoms with van der Waals surface area (Å²) in [6.07, 6.45) is 16.6. The first-order chi connectivity index (χ1) is 19.0. The summed E-state index contributed by atoms with van der Waals surface area (Å²) in [6, 6.07) is 15.1. The summed E-state index contributed by atoms with van der Waals surface area (Å²) in [6.45, 7) is 25.0. The van der Waals surface area contributed by atoms with Gasteiger partial charge in [0.15, 0.2) is 0 Å². The van der Waals surface area contributed by atoms with Gasteiger partial charge >= 0.3 is 59.5 Å². The molecule has 0 spiro atoms. The summed E-state index contributed by atoms with van der Waals surface area (Å²) in [5.41, 5.74) is 12.0. The first-order valence-electron chi connectivity index (χ1n) is 16.1. The van der Waals surface area contributed by atoms with Crippen LogP contribution in [0.5, 0.6) is 0 Å². The van der Waals surface area contributed by atoms with Gasteiger partial charge in [-0.25, -0.2) is 5.57 Å². The first-order valence-corrected chi connectivity index (χ1v) is 17.4. The number of fused-ring (bicyclic) bond motifs is 3. The molecule has 0 radical (unpaired) electrons. The molecular formula is C40H56Zr. The molecule has 220 valence electrons. The van der Waals surface area contributed by atoms with Crippen LogP contribution in [0.15, 0.2) is 47.6 Å². The molecule has 1 atom stereocenters.